The third kappa shape index (κ3) is 2.68. The first kappa shape index (κ1) is 13.5. The molecule has 1 aromatic rings. The fraction of sp³-hybridized carbons (Fsp3) is 0.667. The molecule has 3 heterocycles. The Labute approximate surface area is 120 Å². The van der Waals surface area contributed by atoms with Gasteiger partial charge in [0.05, 0.1) is 6.54 Å². The van der Waals surface area contributed by atoms with E-state index in [-0.39, 0.29) is 5.78 Å². The molecule has 0 radical (unpaired) electrons. The number of aromatic nitrogens is 2. The van der Waals surface area contributed by atoms with Gasteiger partial charge in [-0.15, -0.1) is 0 Å². The Balaban J connectivity index is 1.53. The number of hydrogen-bond donors (Lipinski definition) is 0. The average molecular weight is 274 g/mol. The van der Waals surface area contributed by atoms with Crippen LogP contribution in [0.5, 0.6) is 0 Å². The third-order valence-electron chi connectivity index (χ3n) is 4.44. The van der Waals surface area contributed by atoms with E-state index in [2.05, 4.69) is 19.8 Å². The number of carbonyl (C=O) groups is 1. The second-order valence-corrected chi connectivity index (χ2v) is 6.39. The van der Waals surface area contributed by atoms with Crippen LogP contribution in [0.2, 0.25) is 0 Å². The number of likely N-dealkylation sites (tertiary alicyclic amines) is 1. The Kier molecular flexibility index (Phi) is 3.46. The minimum atomic E-state index is 0.269. The molecule has 1 aromatic heterocycles. The minimum Gasteiger partial charge on any atom is -0.341 e. The van der Waals surface area contributed by atoms with Crippen LogP contribution in [-0.2, 0) is 4.79 Å². The number of nitrogens with zero attached hydrogens (tertiary/aromatic N) is 4. The molecule has 2 fully saturated rings. The van der Waals surface area contributed by atoms with Crippen LogP contribution in [0.4, 0.5) is 5.95 Å². The summed E-state index contributed by atoms with van der Waals surface area (Å²) in [6, 6.07) is 0. The van der Waals surface area contributed by atoms with Crippen LogP contribution >= 0.6 is 0 Å². The smallest absolute Gasteiger partial charge is 0.225 e. The lowest BCUT2D eigenvalue weighted by molar-refractivity contribution is -0.122. The van der Waals surface area contributed by atoms with Crippen molar-refractivity contribution < 1.29 is 4.79 Å². The van der Waals surface area contributed by atoms with Gasteiger partial charge in [-0.1, -0.05) is 0 Å². The molecule has 2 aliphatic heterocycles. The Morgan fingerprint density at radius 1 is 1.25 bits per heavy atom. The zero-order valence-electron chi connectivity index (χ0n) is 12.3. The lowest BCUT2D eigenvalue weighted by Crippen LogP contribution is -2.61. The molecule has 3 rings (SSSR count). The van der Waals surface area contributed by atoms with Gasteiger partial charge in [0.25, 0.3) is 0 Å². The number of anilines is 1. The van der Waals surface area contributed by atoms with Crippen molar-refractivity contribution in [3.8, 4) is 0 Å². The van der Waals surface area contributed by atoms with E-state index in [1.54, 1.807) is 6.92 Å². The topological polar surface area (TPSA) is 49.3 Å². The normalized spacial score (nSPS) is 21.8. The molecule has 0 aliphatic carbocycles. The van der Waals surface area contributed by atoms with Crippen molar-refractivity contribution in [2.45, 2.75) is 26.7 Å². The van der Waals surface area contributed by atoms with E-state index in [9.17, 15) is 4.79 Å². The monoisotopic (exact) mass is 274 g/mol. The van der Waals surface area contributed by atoms with Crippen LogP contribution in [0.15, 0.2) is 12.4 Å². The predicted molar refractivity (Wildman–Crippen MR) is 77.8 cm³/mol. The molecule has 2 aliphatic rings. The Bertz CT molecular complexity index is 483. The minimum absolute atomic E-state index is 0.269. The summed E-state index contributed by atoms with van der Waals surface area (Å²) in [5, 5.41) is 0. The molecule has 1 spiro atoms. The standard InChI is InChI=1S/C15H22N4O/c1-12-7-16-14(17-8-12)19-5-3-15(4-6-19)10-18(11-15)9-13(2)20/h7-8H,3-6,9-11H2,1-2H3. The van der Waals surface area contributed by atoms with Gasteiger partial charge in [0.1, 0.15) is 5.78 Å². The van der Waals surface area contributed by atoms with Crippen molar-refractivity contribution in [2.75, 3.05) is 37.6 Å². The predicted octanol–water partition coefficient (Wildman–Crippen LogP) is 1.28. The largest absolute Gasteiger partial charge is 0.341 e. The maximum absolute atomic E-state index is 11.1. The van der Waals surface area contributed by atoms with Gasteiger partial charge >= 0.3 is 0 Å². The van der Waals surface area contributed by atoms with Crippen LogP contribution in [0.3, 0.4) is 0 Å². The number of rotatable bonds is 3. The Morgan fingerprint density at radius 2 is 1.85 bits per heavy atom. The van der Waals surface area contributed by atoms with Crippen LogP contribution < -0.4 is 4.90 Å². The molecule has 0 N–H and O–H groups in total. The number of Topliss-reactive ketones (excluding diaryl/α,β-unsaturated/α-hetero) is 1. The molecule has 0 amide bonds. The molecule has 108 valence electrons. The SMILES string of the molecule is CC(=O)CN1CC2(CCN(c3ncc(C)cn3)CC2)C1. The van der Waals surface area contributed by atoms with Crippen molar-refractivity contribution in [1.29, 1.82) is 0 Å². The second kappa shape index (κ2) is 5.13. The van der Waals surface area contributed by atoms with Gasteiger partial charge in [-0.2, -0.15) is 0 Å². The van der Waals surface area contributed by atoms with Gasteiger partial charge in [-0.05, 0) is 37.7 Å². The van der Waals surface area contributed by atoms with Gasteiger partial charge < -0.3 is 4.90 Å². The van der Waals surface area contributed by atoms with E-state index in [0.29, 0.717) is 12.0 Å². The fourth-order valence-electron chi connectivity index (χ4n) is 3.38. The summed E-state index contributed by atoms with van der Waals surface area (Å²) in [7, 11) is 0. The molecule has 0 bridgehead atoms. The van der Waals surface area contributed by atoms with Crippen molar-refractivity contribution in [1.82, 2.24) is 14.9 Å². The highest BCUT2D eigenvalue weighted by Gasteiger charge is 2.45. The first-order valence-electron chi connectivity index (χ1n) is 7.32. The number of hydrogen-bond acceptors (Lipinski definition) is 5. The summed E-state index contributed by atoms with van der Waals surface area (Å²) in [5.74, 6) is 1.12. The van der Waals surface area contributed by atoms with Gasteiger partial charge in [0, 0.05) is 38.6 Å². The third-order valence-corrected chi connectivity index (χ3v) is 4.44. The lowest BCUT2D eigenvalue weighted by atomic mass is 9.72. The van der Waals surface area contributed by atoms with Crippen molar-refractivity contribution in [3.05, 3.63) is 18.0 Å². The second-order valence-electron chi connectivity index (χ2n) is 6.39. The van der Waals surface area contributed by atoms with E-state index in [1.165, 1.54) is 12.8 Å². The summed E-state index contributed by atoms with van der Waals surface area (Å²) < 4.78 is 0. The van der Waals surface area contributed by atoms with E-state index in [0.717, 1.165) is 37.7 Å². The summed E-state index contributed by atoms with van der Waals surface area (Å²) >= 11 is 0. The lowest BCUT2D eigenvalue weighted by Gasteiger charge is -2.53. The van der Waals surface area contributed by atoms with Gasteiger partial charge in [-0.3, -0.25) is 9.69 Å². The summed E-state index contributed by atoms with van der Waals surface area (Å²) in [5.41, 5.74) is 1.54. The molecule has 2 saturated heterocycles. The van der Waals surface area contributed by atoms with E-state index in [1.807, 2.05) is 19.3 Å². The van der Waals surface area contributed by atoms with Crippen LogP contribution in [-0.4, -0.2) is 53.4 Å². The van der Waals surface area contributed by atoms with E-state index in [4.69, 9.17) is 0 Å². The fourth-order valence-corrected chi connectivity index (χ4v) is 3.38. The summed E-state index contributed by atoms with van der Waals surface area (Å²) in [6.45, 7) is 8.50. The number of aryl methyl sites for hydroxylation is 1. The maximum atomic E-state index is 11.1. The zero-order chi connectivity index (χ0) is 14.2. The highest BCUT2D eigenvalue weighted by molar-refractivity contribution is 5.77. The van der Waals surface area contributed by atoms with Gasteiger partial charge in [0.2, 0.25) is 5.95 Å². The molecular weight excluding hydrogens is 252 g/mol. The van der Waals surface area contributed by atoms with Crippen molar-refractivity contribution in [2.24, 2.45) is 5.41 Å². The van der Waals surface area contributed by atoms with Crippen LogP contribution in [0, 0.1) is 12.3 Å². The van der Waals surface area contributed by atoms with Crippen molar-refractivity contribution in [3.63, 3.8) is 0 Å². The summed E-state index contributed by atoms with van der Waals surface area (Å²) in [4.78, 5) is 24.5. The molecule has 5 nitrogen and oxygen atoms in total. The molecule has 0 atom stereocenters. The Hall–Kier alpha value is -1.49. The average Bonchev–Trinajstić information content (AvgIpc) is 2.38. The quantitative estimate of drug-likeness (QED) is 0.831. The van der Waals surface area contributed by atoms with E-state index >= 15 is 0 Å². The molecule has 0 saturated carbocycles. The first-order chi connectivity index (χ1) is 9.56. The van der Waals surface area contributed by atoms with Crippen LogP contribution in [0.25, 0.3) is 0 Å². The summed E-state index contributed by atoms with van der Waals surface area (Å²) in [6.07, 6.45) is 6.12. The maximum Gasteiger partial charge on any atom is 0.225 e. The number of piperidine rings is 1. The molecule has 0 unspecified atom stereocenters. The van der Waals surface area contributed by atoms with Gasteiger partial charge in [-0.25, -0.2) is 9.97 Å². The van der Waals surface area contributed by atoms with Gasteiger partial charge in [0.15, 0.2) is 0 Å². The molecular formula is C15H22N4O. The highest BCUT2D eigenvalue weighted by atomic mass is 16.1. The molecule has 5 heteroatoms. The highest BCUT2D eigenvalue weighted by Crippen LogP contribution is 2.40. The van der Waals surface area contributed by atoms with E-state index < -0.39 is 0 Å². The van der Waals surface area contributed by atoms with Crippen LogP contribution in [0.1, 0.15) is 25.3 Å². The molecule has 20 heavy (non-hydrogen) atoms. The number of carbonyl (C=O) groups excluding carboxylic acids is 1. The zero-order valence-corrected chi connectivity index (χ0v) is 12.3. The first-order valence-corrected chi connectivity index (χ1v) is 7.32. The molecule has 0 aromatic carbocycles. The number of ketones is 1. The Morgan fingerprint density at radius 3 is 2.40 bits per heavy atom. The van der Waals surface area contributed by atoms with Crippen molar-refractivity contribution >= 4 is 11.7 Å².